The van der Waals surface area contributed by atoms with Crippen molar-refractivity contribution in [3.63, 3.8) is 0 Å². The zero-order chi connectivity index (χ0) is 20.9. The van der Waals surface area contributed by atoms with Crippen molar-refractivity contribution in [1.29, 1.82) is 5.26 Å². The monoisotopic (exact) mass is 400 g/mol. The van der Waals surface area contributed by atoms with Crippen LogP contribution in [-0.4, -0.2) is 51.4 Å². The number of fused-ring (bicyclic) bond motifs is 1. The van der Waals surface area contributed by atoms with Gasteiger partial charge in [0.05, 0.1) is 23.5 Å². The summed E-state index contributed by atoms with van der Waals surface area (Å²) in [5.41, 5.74) is 11.6. The molecule has 1 aromatic carbocycles. The normalized spacial score (nSPS) is 22.7. The molecule has 154 valence electrons. The molecule has 3 aliphatic heterocycles. The van der Waals surface area contributed by atoms with Crippen LogP contribution in [0, 0.1) is 11.2 Å². The standard InChI is InChI=1S/C23H29BN6/c1-30-22-12-18(17-4-8-24(16-26)9-5-17)2-3-21(22)29-15-23(30)19(13-25)14-28-20-6-10-27-11-7-20/h2-4,12-15,20,23,27H,5-11,25H2,1H3. The largest absolute Gasteiger partial charge is 0.404 e. The summed E-state index contributed by atoms with van der Waals surface area (Å²) in [6, 6.07) is 6.77. The molecular formula is C23H29BN6. The molecule has 0 amide bonds. The Kier molecular flexibility index (Phi) is 6.34. The Labute approximate surface area is 179 Å². The Balaban J connectivity index is 1.53. The van der Waals surface area contributed by atoms with Gasteiger partial charge in [0.25, 0.3) is 6.71 Å². The van der Waals surface area contributed by atoms with Gasteiger partial charge in [-0.25, -0.2) is 5.26 Å². The van der Waals surface area contributed by atoms with E-state index in [9.17, 15) is 0 Å². The number of hydrogen-bond donors (Lipinski definition) is 2. The number of benzene rings is 1. The predicted octanol–water partition coefficient (Wildman–Crippen LogP) is 3.22. The van der Waals surface area contributed by atoms with Crippen LogP contribution in [0.3, 0.4) is 0 Å². The van der Waals surface area contributed by atoms with Crippen LogP contribution in [0.25, 0.3) is 5.57 Å². The van der Waals surface area contributed by atoms with Crippen molar-refractivity contribution in [2.75, 3.05) is 25.0 Å². The molecule has 3 aliphatic rings. The summed E-state index contributed by atoms with van der Waals surface area (Å²) in [4.78, 5) is 11.7. The molecule has 4 rings (SSSR count). The minimum atomic E-state index is -0.0356. The Hall–Kier alpha value is -2.85. The van der Waals surface area contributed by atoms with E-state index >= 15 is 0 Å². The summed E-state index contributed by atoms with van der Waals surface area (Å²) >= 11 is 0. The van der Waals surface area contributed by atoms with Crippen LogP contribution in [0.15, 0.2) is 46.0 Å². The summed E-state index contributed by atoms with van der Waals surface area (Å²) in [7, 11) is 2.08. The van der Waals surface area contributed by atoms with Gasteiger partial charge in [-0.05, 0) is 61.9 Å². The maximum atomic E-state index is 9.14. The molecule has 0 saturated carbocycles. The highest BCUT2D eigenvalue weighted by Gasteiger charge is 2.25. The summed E-state index contributed by atoms with van der Waals surface area (Å²) in [6.45, 7) is 2.20. The van der Waals surface area contributed by atoms with Crippen molar-refractivity contribution in [2.45, 2.75) is 44.0 Å². The lowest BCUT2D eigenvalue weighted by atomic mass is 9.43. The molecule has 6 nitrogen and oxygen atoms in total. The molecule has 0 aromatic heterocycles. The average molecular weight is 400 g/mol. The molecular weight excluding hydrogens is 371 g/mol. The van der Waals surface area contributed by atoms with Crippen LogP contribution < -0.4 is 16.0 Å². The van der Waals surface area contributed by atoms with E-state index in [1.807, 2.05) is 12.4 Å². The number of rotatable bonds is 4. The first kappa shape index (κ1) is 20.4. The van der Waals surface area contributed by atoms with E-state index in [4.69, 9.17) is 21.0 Å². The van der Waals surface area contributed by atoms with Gasteiger partial charge in [0.1, 0.15) is 0 Å². The first-order valence-electron chi connectivity index (χ1n) is 10.9. The molecule has 1 fully saturated rings. The van der Waals surface area contributed by atoms with Crippen LogP contribution in [0.1, 0.15) is 24.8 Å². The maximum absolute atomic E-state index is 9.14. The van der Waals surface area contributed by atoms with Gasteiger partial charge in [-0.3, -0.25) is 9.98 Å². The van der Waals surface area contributed by atoms with Gasteiger partial charge >= 0.3 is 0 Å². The van der Waals surface area contributed by atoms with Gasteiger partial charge in [-0.1, -0.05) is 18.5 Å². The maximum Gasteiger partial charge on any atom is 0.271 e. The zero-order valence-electron chi connectivity index (χ0n) is 17.6. The van der Waals surface area contributed by atoms with Crippen LogP contribution in [-0.2, 0) is 0 Å². The van der Waals surface area contributed by atoms with Crippen molar-refractivity contribution < 1.29 is 0 Å². The lowest BCUT2D eigenvalue weighted by Gasteiger charge is -2.32. The third-order valence-electron chi connectivity index (χ3n) is 6.37. The molecule has 1 aromatic rings. The Morgan fingerprint density at radius 2 is 2.23 bits per heavy atom. The van der Waals surface area contributed by atoms with E-state index in [1.54, 1.807) is 6.20 Å². The molecule has 30 heavy (non-hydrogen) atoms. The molecule has 0 spiro atoms. The molecule has 0 aliphatic carbocycles. The Morgan fingerprint density at radius 3 is 2.93 bits per heavy atom. The number of nitriles is 1. The van der Waals surface area contributed by atoms with E-state index < -0.39 is 0 Å². The highest BCUT2D eigenvalue weighted by atomic mass is 15.2. The molecule has 0 bridgehead atoms. The highest BCUT2D eigenvalue weighted by molar-refractivity contribution is 6.67. The minimum Gasteiger partial charge on any atom is -0.404 e. The molecule has 3 heterocycles. The van der Waals surface area contributed by atoms with E-state index in [0.29, 0.717) is 6.04 Å². The van der Waals surface area contributed by atoms with Gasteiger partial charge < -0.3 is 16.0 Å². The van der Waals surface area contributed by atoms with Gasteiger partial charge in [0.2, 0.25) is 0 Å². The number of allylic oxidation sites excluding steroid dienone is 2. The minimum absolute atomic E-state index is 0.0356. The summed E-state index contributed by atoms with van der Waals surface area (Å²) in [6.07, 6.45) is 12.6. The zero-order valence-corrected chi connectivity index (χ0v) is 17.6. The second-order valence-electron chi connectivity index (χ2n) is 8.29. The van der Waals surface area contributed by atoms with Crippen molar-refractivity contribution in [3.05, 3.63) is 41.6 Å². The van der Waals surface area contributed by atoms with Crippen molar-refractivity contribution in [2.24, 2.45) is 15.7 Å². The number of nitrogens with zero attached hydrogens (tertiary/aromatic N) is 4. The van der Waals surface area contributed by atoms with E-state index in [2.05, 4.69) is 47.5 Å². The summed E-state index contributed by atoms with van der Waals surface area (Å²) in [5, 5.41) is 12.5. The number of nitrogens with one attached hydrogen (secondary N) is 1. The number of anilines is 1. The van der Waals surface area contributed by atoms with E-state index in [1.165, 1.54) is 11.1 Å². The van der Waals surface area contributed by atoms with Crippen LogP contribution in [0.2, 0.25) is 12.6 Å². The van der Waals surface area contributed by atoms with Gasteiger partial charge in [0.15, 0.2) is 0 Å². The third kappa shape index (κ3) is 4.34. The topological polar surface area (TPSA) is 89.8 Å². The molecule has 0 radical (unpaired) electrons. The Bertz CT molecular complexity index is 936. The van der Waals surface area contributed by atoms with Gasteiger partial charge in [0, 0.05) is 37.2 Å². The van der Waals surface area contributed by atoms with Gasteiger partial charge in [-0.15, -0.1) is 0 Å². The van der Waals surface area contributed by atoms with E-state index in [-0.39, 0.29) is 12.8 Å². The number of aliphatic imine (C=N–C) groups is 2. The van der Waals surface area contributed by atoms with Crippen LogP contribution in [0.5, 0.6) is 0 Å². The van der Waals surface area contributed by atoms with Gasteiger partial charge in [-0.2, -0.15) is 0 Å². The second-order valence-corrected chi connectivity index (χ2v) is 8.29. The number of nitrogens with two attached hydrogens (primary N) is 1. The van der Waals surface area contributed by atoms with Crippen molar-refractivity contribution in [3.8, 4) is 5.97 Å². The summed E-state index contributed by atoms with van der Waals surface area (Å²) in [5.74, 6) is 2.39. The van der Waals surface area contributed by atoms with Crippen molar-refractivity contribution in [1.82, 2.24) is 5.32 Å². The molecule has 3 N–H and O–H groups in total. The first-order chi connectivity index (χ1) is 14.7. The molecule has 7 heteroatoms. The average Bonchev–Trinajstić information content (AvgIpc) is 2.81. The predicted molar refractivity (Wildman–Crippen MR) is 127 cm³/mol. The Morgan fingerprint density at radius 1 is 1.40 bits per heavy atom. The lowest BCUT2D eigenvalue weighted by molar-refractivity contribution is 0.460. The van der Waals surface area contributed by atoms with Crippen LogP contribution >= 0.6 is 0 Å². The van der Waals surface area contributed by atoms with Crippen molar-refractivity contribution >= 4 is 36.1 Å². The summed E-state index contributed by atoms with van der Waals surface area (Å²) < 4.78 is 0. The first-order valence-corrected chi connectivity index (χ1v) is 10.9. The number of piperidine rings is 1. The van der Waals surface area contributed by atoms with Crippen LogP contribution in [0.4, 0.5) is 11.4 Å². The van der Waals surface area contributed by atoms with E-state index in [0.717, 1.165) is 61.9 Å². The SMILES string of the molecule is CN1c2cc(C3=CCB(C#N)CC3)ccc2N=CC1C(C=NC1CCNCC1)=CN. The number of hydrogen-bond acceptors (Lipinski definition) is 6. The fourth-order valence-electron chi connectivity index (χ4n) is 4.40. The quantitative estimate of drug-likeness (QED) is 0.600. The smallest absolute Gasteiger partial charge is 0.271 e. The number of likely N-dealkylation sites (N-methyl/N-ethyl adjacent to an activating group) is 1. The molecule has 1 unspecified atom stereocenters. The fraction of sp³-hybridized carbons (Fsp3) is 0.435. The lowest BCUT2D eigenvalue weighted by Crippen LogP contribution is -2.38. The fourth-order valence-corrected chi connectivity index (χ4v) is 4.40. The molecule has 1 atom stereocenters. The highest BCUT2D eigenvalue weighted by Crippen LogP contribution is 2.37. The molecule has 1 saturated heterocycles. The second kappa shape index (κ2) is 9.31. The third-order valence-corrected chi connectivity index (χ3v) is 6.37.